The maximum atomic E-state index is 12.6. The molecule has 1 aromatic heterocycles. The number of ketones is 1. The topological polar surface area (TPSA) is 25.2 Å². The summed E-state index contributed by atoms with van der Waals surface area (Å²) in [6, 6.07) is 2.05. The molecule has 2 atom stereocenters. The lowest BCUT2D eigenvalue weighted by Crippen LogP contribution is -2.43. The third-order valence-corrected chi connectivity index (χ3v) is 5.28. The smallest absolute Gasteiger partial charge is 0.178 e. The lowest BCUT2D eigenvalue weighted by Gasteiger charge is -2.34. The summed E-state index contributed by atoms with van der Waals surface area (Å²) in [5.41, 5.74) is 3.20. The van der Waals surface area contributed by atoms with Crippen molar-refractivity contribution in [2.24, 2.45) is 0 Å². The van der Waals surface area contributed by atoms with Gasteiger partial charge in [-0.2, -0.15) is 11.8 Å². The number of hydrogen-bond donors (Lipinski definition) is 0. The molecular formula is C16H26N2OS. The van der Waals surface area contributed by atoms with Crippen molar-refractivity contribution >= 4 is 17.5 Å². The predicted octanol–water partition coefficient (Wildman–Crippen LogP) is 3.13. The van der Waals surface area contributed by atoms with Crippen LogP contribution in [0.15, 0.2) is 6.07 Å². The molecular weight excluding hydrogens is 268 g/mol. The molecule has 1 aliphatic heterocycles. The van der Waals surface area contributed by atoms with Crippen LogP contribution in [0.25, 0.3) is 0 Å². The van der Waals surface area contributed by atoms with Gasteiger partial charge in [-0.25, -0.2) is 0 Å². The SMILES string of the molecule is CCn1c(C)cc(C(=O)CN2CC(C)SC(C)C2)c1C. The normalized spacial score (nSPS) is 24.1. The highest BCUT2D eigenvalue weighted by molar-refractivity contribution is 8.00. The van der Waals surface area contributed by atoms with E-state index in [0.29, 0.717) is 17.0 Å². The van der Waals surface area contributed by atoms with Gasteiger partial charge in [-0.15, -0.1) is 0 Å². The van der Waals surface area contributed by atoms with Crippen LogP contribution in [0.5, 0.6) is 0 Å². The van der Waals surface area contributed by atoms with E-state index in [2.05, 4.69) is 44.1 Å². The van der Waals surface area contributed by atoms with Gasteiger partial charge >= 0.3 is 0 Å². The molecule has 112 valence electrons. The van der Waals surface area contributed by atoms with Crippen LogP contribution >= 0.6 is 11.8 Å². The first-order valence-corrected chi connectivity index (χ1v) is 8.44. The maximum absolute atomic E-state index is 12.6. The number of thioether (sulfide) groups is 1. The molecule has 3 nitrogen and oxygen atoms in total. The second-order valence-electron chi connectivity index (χ2n) is 5.90. The van der Waals surface area contributed by atoms with Crippen molar-refractivity contribution < 1.29 is 4.79 Å². The van der Waals surface area contributed by atoms with Crippen LogP contribution in [-0.4, -0.2) is 45.4 Å². The molecule has 0 aromatic carbocycles. The van der Waals surface area contributed by atoms with Gasteiger partial charge in [0, 0.05) is 47.1 Å². The van der Waals surface area contributed by atoms with E-state index < -0.39 is 0 Å². The van der Waals surface area contributed by atoms with Gasteiger partial charge in [-0.05, 0) is 26.8 Å². The quantitative estimate of drug-likeness (QED) is 0.798. The number of rotatable bonds is 4. The van der Waals surface area contributed by atoms with Gasteiger partial charge in [0.25, 0.3) is 0 Å². The Hall–Kier alpha value is -0.740. The van der Waals surface area contributed by atoms with Crippen LogP contribution in [0, 0.1) is 13.8 Å². The number of nitrogens with zero attached hydrogens (tertiary/aromatic N) is 2. The summed E-state index contributed by atoms with van der Waals surface area (Å²) in [5.74, 6) is 0.268. The molecule has 2 unspecified atom stereocenters. The molecule has 0 spiro atoms. The molecule has 1 aliphatic rings. The minimum Gasteiger partial charge on any atom is -0.349 e. The number of aromatic nitrogens is 1. The van der Waals surface area contributed by atoms with Crippen LogP contribution in [0.3, 0.4) is 0 Å². The van der Waals surface area contributed by atoms with Crippen molar-refractivity contribution in [1.29, 1.82) is 0 Å². The van der Waals surface area contributed by atoms with Crippen molar-refractivity contribution in [3.8, 4) is 0 Å². The molecule has 1 saturated heterocycles. The van der Waals surface area contributed by atoms with Gasteiger partial charge in [-0.3, -0.25) is 9.69 Å². The van der Waals surface area contributed by atoms with Crippen LogP contribution in [0.2, 0.25) is 0 Å². The molecule has 20 heavy (non-hydrogen) atoms. The fourth-order valence-electron chi connectivity index (χ4n) is 3.27. The zero-order valence-electron chi connectivity index (χ0n) is 13.3. The number of aryl methyl sites for hydroxylation is 1. The summed E-state index contributed by atoms with van der Waals surface area (Å²) in [6.45, 7) is 14.3. The monoisotopic (exact) mass is 294 g/mol. The molecule has 2 rings (SSSR count). The average Bonchev–Trinajstić information content (AvgIpc) is 2.63. The first-order chi connectivity index (χ1) is 9.42. The maximum Gasteiger partial charge on any atom is 0.178 e. The molecule has 0 N–H and O–H groups in total. The molecule has 0 amide bonds. The van der Waals surface area contributed by atoms with Gasteiger partial charge < -0.3 is 4.57 Å². The number of carbonyl (C=O) groups is 1. The predicted molar refractivity (Wildman–Crippen MR) is 86.9 cm³/mol. The summed E-state index contributed by atoms with van der Waals surface area (Å²) in [5, 5.41) is 1.24. The molecule has 0 aliphatic carbocycles. The van der Waals surface area contributed by atoms with Gasteiger partial charge in [-0.1, -0.05) is 13.8 Å². The van der Waals surface area contributed by atoms with Gasteiger partial charge in [0.15, 0.2) is 5.78 Å². The van der Waals surface area contributed by atoms with Crippen LogP contribution in [0.4, 0.5) is 0 Å². The Kier molecular flexibility index (Phi) is 4.97. The number of carbonyl (C=O) groups excluding carboxylic acids is 1. The molecule has 1 fully saturated rings. The third kappa shape index (κ3) is 3.29. The highest BCUT2D eigenvalue weighted by atomic mass is 32.2. The summed E-state index contributed by atoms with van der Waals surface area (Å²) >= 11 is 2.02. The van der Waals surface area contributed by atoms with E-state index in [1.54, 1.807) is 0 Å². The van der Waals surface area contributed by atoms with E-state index >= 15 is 0 Å². The van der Waals surface area contributed by atoms with Crippen molar-refractivity contribution in [2.75, 3.05) is 19.6 Å². The second-order valence-corrected chi connectivity index (χ2v) is 7.79. The minimum absolute atomic E-state index is 0.268. The van der Waals surface area contributed by atoms with Crippen molar-refractivity contribution in [3.63, 3.8) is 0 Å². The first-order valence-electron chi connectivity index (χ1n) is 7.50. The van der Waals surface area contributed by atoms with Gasteiger partial charge in [0.05, 0.1) is 6.54 Å². The molecule has 4 heteroatoms. The van der Waals surface area contributed by atoms with E-state index in [1.807, 2.05) is 17.8 Å². The Balaban J connectivity index is 2.08. The second kappa shape index (κ2) is 6.35. The fraction of sp³-hybridized carbons (Fsp3) is 0.688. The molecule has 1 aromatic rings. The van der Waals surface area contributed by atoms with Gasteiger partial charge in [0.2, 0.25) is 0 Å². The van der Waals surface area contributed by atoms with E-state index in [4.69, 9.17) is 0 Å². The molecule has 0 radical (unpaired) electrons. The van der Waals surface area contributed by atoms with Crippen molar-refractivity contribution in [2.45, 2.75) is 51.7 Å². The van der Waals surface area contributed by atoms with Crippen LogP contribution in [0.1, 0.15) is 42.5 Å². The summed E-state index contributed by atoms with van der Waals surface area (Å²) < 4.78 is 2.21. The van der Waals surface area contributed by atoms with E-state index in [-0.39, 0.29) is 5.78 Å². The van der Waals surface area contributed by atoms with Gasteiger partial charge in [0.1, 0.15) is 0 Å². The summed E-state index contributed by atoms with van der Waals surface area (Å²) in [4.78, 5) is 14.9. The Labute approximate surface area is 126 Å². The first kappa shape index (κ1) is 15.6. The summed E-state index contributed by atoms with van der Waals surface area (Å²) in [6.07, 6.45) is 0. The molecule has 0 bridgehead atoms. The highest BCUT2D eigenvalue weighted by Crippen LogP contribution is 2.25. The van der Waals surface area contributed by atoms with E-state index in [9.17, 15) is 4.79 Å². The zero-order chi connectivity index (χ0) is 14.9. The van der Waals surface area contributed by atoms with Crippen LogP contribution < -0.4 is 0 Å². The van der Waals surface area contributed by atoms with Crippen LogP contribution in [-0.2, 0) is 6.54 Å². The Bertz CT molecular complexity index is 485. The Morgan fingerprint density at radius 2 is 1.90 bits per heavy atom. The fourth-order valence-corrected chi connectivity index (χ4v) is 4.66. The van der Waals surface area contributed by atoms with E-state index in [0.717, 1.165) is 30.9 Å². The largest absolute Gasteiger partial charge is 0.349 e. The summed E-state index contributed by atoms with van der Waals surface area (Å²) in [7, 11) is 0. The lowest BCUT2D eigenvalue weighted by molar-refractivity contribution is 0.0929. The third-order valence-electron chi connectivity index (χ3n) is 4.05. The Morgan fingerprint density at radius 3 is 2.40 bits per heavy atom. The average molecular weight is 294 g/mol. The number of hydrogen-bond acceptors (Lipinski definition) is 3. The molecule has 2 heterocycles. The zero-order valence-corrected chi connectivity index (χ0v) is 14.1. The van der Waals surface area contributed by atoms with Crippen molar-refractivity contribution in [3.05, 3.63) is 23.0 Å². The standard InChI is InChI=1S/C16H26N2OS/c1-6-18-11(2)7-15(14(18)5)16(19)10-17-8-12(3)20-13(4)9-17/h7,12-13H,6,8-10H2,1-5H3. The molecule has 0 saturated carbocycles. The Morgan fingerprint density at radius 1 is 1.30 bits per heavy atom. The minimum atomic E-state index is 0.268. The number of Topliss-reactive ketones (excluding diaryl/α,β-unsaturated/α-hetero) is 1. The van der Waals surface area contributed by atoms with E-state index in [1.165, 1.54) is 5.69 Å². The van der Waals surface area contributed by atoms with Crippen molar-refractivity contribution in [1.82, 2.24) is 9.47 Å². The lowest BCUT2D eigenvalue weighted by atomic mass is 10.1. The highest BCUT2D eigenvalue weighted by Gasteiger charge is 2.25.